The van der Waals surface area contributed by atoms with Crippen molar-refractivity contribution in [1.82, 2.24) is 5.32 Å². The van der Waals surface area contributed by atoms with Gasteiger partial charge in [-0.05, 0) is 43.5 Å². The predicted octanol–water partition coefficient (Wildman–Crippen LogP) is 2.53. The van der Waals surface area contributed by atoms with Gasteiger partial charge in [0.2, 0.25) is 15.9 Å². The molecule has 1 aromatic carbocycles. The van der Waals surface area contributed by atoms with E-state index in [9.17, 15) is 17.6 Å². The first-order valence-corrected chi connectivity index (χ1v) is 9.48. The van der Waals surface area contributed by atoms with Crippen molar-refractivity contribution in [3.05, 3.63) is 30.1 Å². The fraction of sp³-hybridized carbons (Fsp3) is 0.562. The summed E-state index contributed by atoms with van der Waals surface area (Å²) in [7, 11) is -3.49. The molecular formula is C16H25FN2O3S. The van der Waals surface area contributed by atoms with E-state index in [1.54, 1.807) is 0 Å². The molecule has 0 aliphatic carbocycles. The molecule has 0 aromatic heterocycles. The molecule has 130 valence electrons. The lowest BCUT2D eigenvalue weighted by Gasteiger charge is -2.22. The highest BCUT2D eigenvalue weighted by molar-refractivity contribution is 7.92. The van der Waals surface area contributed by atoms with Gasteiger partial charge >= 0.3 is 0 Å². The van der Waals surface area contributed by atoms with E-state index in [1.807, 2.05) is 20.8 Å². The van der Waals surface area contributed by atoms with Crippen molar-refractivity contribution >= 4 is 21.6 Å². The van der Waals surface area contributed by atoms with Crippen molar-refractivity contribution in [2.75, 3.05) is 17.1 Å². The van der Waals surface area contributed by atoms with Crippen molar-refractivity contribution in [1.29, 1.82) is 0 Å². The Labute approximate surface area is 137 Å². The van der Waals surface area contributed by atoms with Crippen LogP contribution in [0.2, 0.25) is 0 Å². The molecule has 23 heavy (non-hydrogen) atoms. The fourth-order valence-electron chi connectivity index (χ4n) is 1.97. The van der Waals surface area contributed by atoms with Gasteiger partial charge in [0.25, 0.3) is 0 Å². The van der Waals surface area contributed by atoms with Crippen LogP contribution in [0.4, 0.5) is 10.1 Å². The van der Waals surface area contributed by atoms with E-state index in [2.05, 4.69) is 5.32 Å². The number of rotatable bonds is 8. The van der Waals surface area contributed by atoms with E-state index >= 15 is 0 Å². The van der Waals surface area contributed by atoms with Crippen molar-refractivity contribution in [2.45, 2.75) is 39.7 Å². The Hall–Kier alpha value is -1.63. The molecule has 1 N–H and O–H groups in total. The molecule has 7 heteroatoms. The molecule has 0 heterocycles. The minimum atomic E-state index is -3.49. The average molecular weight is 344 g/mol. The van der Waals surface area contributed by atoms with E-state index in [0.29, 0.717) is 18.0 Å². The van der Waals surface area contributed by atoms with Crippen LogP contribution < -0.4 is 9.62 Å². The highest BCUT2D eigenvalue weighted by Gasteiger charge is 2.18. The number of anilines is 1. The summed E-state index contributed by atoms with van der Waals surface area (Å²) >= 11 is 0. The van der Waals surface area contributed by atoms with Crippen LogP contribution in [-0.4, -0.2) is 33.2 Å². The second kappa shape index (κ2) is 8.29. The minimum absolute atomic E-state index is 0.0746. The zero-order valence-electron chi connectivity index (χ0n) is 14.0. The van der Waals surface area contributed by atoms with Crippen LogP contribution in [0.15, 0.2) is 24.3 Å². The highest BCUT2D eigenvalue weighted by atomic mass is 32.2. The number of carbonyl (C=O) groups is 1. The first kappa shape index (κ1) is 19.4. The molecule has 1 aromatic rings. The summed E-state index contributed by atoms with van der Waals surface area (Å²) in [5.74, 6) is -0.186. The molecule has 0 aliphatic rings. The Morgan fingerprint density at radius 3 is 2.26 bits per heavy atom. The number of hydrogen-bond acceptors (Lipinski definition) is 3. The van der Waals surface area contributed by atoms with Crippen molar-refractivity contribution < 1.29 is 17.6 Å². The van der Waals surface area contributed by atoms with Crippen LogP contribution in [0.25, 0.3) is 0 Å². The van der Waals surface area contributed by atoms with Crippen LogP contribution >= 0.6 is 0 Å². The van der Waals surface area contributed by atoms with Crippen molar-refractivity contribution in [3.8, 4) is 0 Å². The number of nitrogens with one attached hydrogen (secondary N) is 1. The Kier molecular flexibility index (Phi) is 7.00. The van der Waals surface area contributed by atoms with E-state index in [1.165, 1.54) is 28.6 Å². The first-order chi connectivity index (χ1) is 10.6. The maximum Gasteiger partial charge on any atom is 0.232 e. The van der Waals surface area contributed by atoms with Gasteiger partial charge in [-0.25, -0.2) is 12.8 Å². The Balaban J connectivity index is 2.63. The lowest BCUT2D eigenvalue weighted by Crippen LogP contribution is -2.37. The highest BCUT2D eigenvalue weighted by Crippen LogP contribution is 2.18. The van der Waals surface area contributed by atoms with Gasteiger partial charge in [0.1, 0.15) is 5.82 Å². The van der Waals surface area contributed by atoms with Gasteiger partial charge in [0.15, 0.2) is 0 Å². The summed E-state index contributed by atoms with van der Waals surface area (Å²) in [5, 5.41) is 2.88. The standard InChI is InChI=1S/C16H25FN2O3S/c1-12(2)13(3)18-16(20)6-5-11-19(23(4,21)22)15-9-7-14(17)8-10-15/h7-10,12-13H,5-6,11H2,1-4H3,(H,18,20). The molecule has 1 rings (SSSR count). The molecule has 0 saturated heterocycles. The van der Waals surface area contributed by atoms with Crippen LogP contribution in [0.1, 0.15) is 33.6 Å². The second-order valence-electron chi connectivity index (χ2n) is 6.02. The summed E-state index contributed by atoms with van der Waals surface area (Å²) < 4.78 is 37.9. The number of halogens is 1. The average Bonchev–Trinajstić information content (AvgIpc) is 2.43. The zero-order valence-corrected chi connectivity index (χ0v) is 14.9. The lowest BCUT2D eigenvalue weighted by atomic mass is 10.1. The summed E-state index contributed by atoms with van der Waals surface area (Å²) in [6, 6.07) is 5.33. The number of carbonyl (C=O) groups excluding carboxylic acids is 1. The van der Waals surface area contributed by atoms with Gasteiger partial charge in [-0.15, -0.1) is 0 Å². The third-order valence-corrected chi connectivity index (χ3v) is 4.86. The van der Waals surface area contributed by atoms with Gasteiger partial charge in [0, 0.05) is 19.0 Å². The lowest BCUT2D eigenvalue weighted by molar-refractivity contribution is -0.122. The largest absolute Gasteiger partial charge is 0.353 e. The van der Waals surface area contributed by atoms with Crippen LogP contribution in [0.3, 0.4) is 0 Å². The van der Waals surface area contributed by atoms with E-state index in [-0.39, 0.29) is 24.9 Å². The van der Waals surface area contributed by atoms with Gasteiger partial charge in [-0.2, -0.15) is 0 Å². The molecular weight excluding hydrogens is 319 g/mol. The zero-order chi connectivity index (χ0) is 17.6. The third-order valence-electron chi connectivity index (χ3n) is 3.67. The number of hydrogen-bond donors (Lipinski definition) is 1. The molecule has 0 aliphatic heterocycles. The first-order valence-electron chi connectivity index (χ1n) is 7.64. The minimum Gasteiger partial charge on any atom is -0.353 e. The van der Waals surface area contributed by atoms with Crippen LogP contribution in [0.5, 0.6) is 0 Å². The van der Waals surface area contributed by atoms with Gasteiger partial charge in [-0.1, -0.05) is 13.8 Å². The van der Waals surface area contributed by atoms with Crippen LogP contribution in [-0.2, 0) is 14.8 Å². The van der Waals surface area contributed by atoms with Gasteiger partial charge in [0.05, 0.1) is 11.9 Å². The molecule has 0 radical (unpaired) electrons. The van der Waals surface area contributed by atoms with Gasteiger partial charge in [-0.3, -0.25) is 9.10 Å². The van der Waals surface area contributed by atoms with Crippen molar-refractivity contribution in [3.63, 3.8) is 0 Å². The summed E-state index contributed by atoms with van der Waals surface area (Å²) in [6.07, 6.45) is 1.72. The van der Waals surface area contributed by atoms with E-state index in [4.69, 9.17) is 0 Å². The molecule has 0 saturated carbocycles. The Bertz CT molecular complexity index is 615. The maximum absolute atomic E-state index is 13.0. The fourth-order valence-corrected chi connectivity index (χ4v) is 2.94. The van der Waals surface area contributed by atoms with Crippen molar-refractivity contribution in [2.24, 2.45) is 5.92 Å². The maximum atomic E-state index is 13.0. The number of nitrogens with zero attached hydrogens (tertiary/aromatic N) is 1. The quantitative estimate of drug-likeness (QED) is 0.788. The summed E-state index contributed by atoms with van der Waals surface area (Å²) in [5.41, 5.74) is 0.393. The molecule has 1 amide bonds. The SMILES string of the molecule is CC(C)C(C)NC(=O)CCCN(c1ccc(F)cc1)S(C)(=O)=O. The molecule has 5 nitrogen and oxygen atoms in total. The van der Waals surface area contributed by atoms with Gasteiger partial charge < -0.3 is 5.32 Å². The molecule has 1 atom stereocenters. The van der Waals surface area contributed by atoms with E-state index < -0.39 is 15.8 Å². The van der Waals surface area contributed by atoms with E-state index in [0.717, 1.165) is 6.26 Å². The molecule has 0 bridgehead atoms. The molecule has 1 unspecified atom stereocenters. The summed E-state index contributed by atoms with van der Waals surface area (Å²) in [6.45, 7) is 6.15. The topological polar surface area (TPSA) is 66.5 Å². The molecule has 0 spiro atoms. The summed E-state index contributed by atoms with van der Waals surface area (Å²) in [4.78, 5) is 11.8. The number of benzene rings is 1. The monoisotopic (exact) mass is 344 g/mol. The number of amides is 1. The Morgan fingerprint density at radius 2 is 1.78 bits per heavy atom. The normalized spacial score (nSPS) is 13.0. The Morgan fingerprint density at radius 1 is 1.22 bits per heavy atom. The molecule has 0 fully saturated rings. The van der Waals surface area contributed by atoms with Crippen LogP contribution in [0, 0.1) is 11.7 Å². The third kappa shape index (κ3) is 6.56. The second-order valence-corrected chi connectivity index (χ2v) is 7.92. The predicted molar refractivity (Wildman–Crippen MR) is 90.3 cm³/mol. The number of sulfonamides is 1. The smallest absolute Gasteiger partial charge is 0.232 e.